The molecule has 0 heterocycles. The van der Waals surface area contributed by atoms with Crippen LogP contribution in [0.15, 0.2) is 0 Å². The Kier molecular flexibility index (Phi) is 2.08. The second-order valence-electron chi connectivity index (χ2n) is 4.46. The van der Waals surface area contributed by atoms with E-state index in [0.29, 0.717) is 25.7 Å². The maximum atomic E-state index is 11.8. The Bertz CT molecular complexity index is 371. The molecule has 16 heavy (non-hydrogen) atoms. The predicted octanol–water partition coefficient (Wildman–Crippen LogP) is -0.629. The van der Waals surface area contributed by atoms with E-state index in [9.17, 15) is 9.59 Å². The van der Waals surface area contributed by atoms with E-state index in [0.717, 1.165) is 0 Å². The lowest BCUT2D eigenvalue weighted by atomic mass is 10.2. The highest BCUT2D eigenvalue weighted by molar-refractivity contribution is 5.99. The molecule has 2 aliphatic rings. The van der Waals surface area contributed by atoms with E-state index in [-0.39, 0.29) is 11.7 Å². The van der Waals surface area contributed by atoms with Crippen molar-refractivity contribution < 1.29 is 14.7 Å². The summed E-state index contributed by atoms with van der Waals surface area (Å²) < 4.78 is 0. The lowest BCUT2D eigenvalue weighted by molar-refractivity contribution is -0.124. The predicted molar refractivity (Wildman–Crippen MR) is 55.1 cm³/mol. The van der Waals surface area contributed by atoms with Crippen LogP contribution < -0.4 is 16.4 Å². The van der Waals surface area contributed by atoms with Crippen LogP contribution >= 0.6 is 0 Å². The normalized spacial score (nSPS) is 23.0. The van der Waals surface area contributed by atoms with Crippen molar-refractivity contribution in [1.29, 1.82) is 5.41 Å². The van der Waals surface area contributed by atoms with Gasteiger partial charge in [-0.25, -0.2) is 4.79 Å². The summed E-state index contributed by atoms with van der Waals surface area (Å²) in [5.41, 5.74) is 3.67. The van der Waals surface area contributed by atoms with Crippen LogP contribution in [0, 0.1) is 5.41 Å². The van der Waals surface area contributed by atoms with Gasteiger partial charge in [0.25, 0.3) is 0 Å². The zero-order valence-electron chi connectivity index (χ0n) is 8.67. The minimum Gasteiger partial charge on any atom is -0.465 e. The quantitative estimate of drug-likeness (QED) is 0.323. The van der Waals surface area contributed by atoms with E-state index in [1.807, 2.05) is 0 Å². The highest BCUT2D eigenvalue weighted by Gasteiger charge is 2.56. The van der Waals surface area contributed by atoms with Gasteiger partial charge in [0.05, 0.1) is 5.54 Å². The Morgan fingerprint density at radius 3 is 1.94 bits per heavy atom. The Labute approximate surface area is 91.9 Å². The van der Waals surface area contributed by atoms with Crippen LogP contribution in [-0.2, 0) is 4.79 Å². The third-order valence-corrected chi connectivity index (χ3v) is 3.15. The van der Waals surface area contributed by atoms with Gasteiger partial charge in [0, 0.05) is 0 Å². The van der Waals surface area contributed by atoms with E-state index in [1.165, 1.54) is 0 Å². The van der Waals surface area contributed by atoms with Gasteiger partial charge >= 0.3 is 6.09 Å². The van der Waals surface area contributed by atoms with Crippen LogP contribution in [0.4, 0.5) is 4.79 Å². The van der Waals surface area contributed by atoms with E-state index in [2.05, 4.69) is 10.6 Å². The smallest absolute Gasteiger partial charge is 0.405 e. The number of carboxylic acid groups (broad SMARTS) is 1. The zero-order chi connectivity index (χ0) is 12.0. The third kappa shape index (κ3) is 1.68. The summed E-state index contributed by atoms with van der Waals surface area (Å²) in [5.74, 6) is -0.436. The van der Waals surface area contributed by atoms with Gasteiger partial charge in [-0.3, -0.25) is 10.2 Å². The first-order valence-electron chi connectivity index (χ1n) is 5.08. The first kappa shape index (κ1) is 10.7. The summed E-state index contributed by atoms with van der Waals surface area (Å²) in [7, 11) is 0. The van der Waals surface area contributed by atoms with E-state index < -0.39 is 17.2 Å². The molecule has 0 atom stereocenters. The molecule has 0 aliphatic heterocycles. The van der Waals surface area contributed by atoms with Gasteiger partial charge in [-0.2, -0.15) is 0 Å². The molecule has 7 nitrogen and oxygen atoms in total. The Balaban J connectivity index is 1.99. The molecular formula is C9H14N4O3. The number of rotatable bonds is 4. The van der Waals surface area contributed by atoms with Crippen molar-refractivity contribution in [3.05, 3.63) is 0 Å². The van der Waals surface area contributed by atoms with E-state index in [1.54, 1.807) is 0 Å². The Hall–Kier alpha value is -1.79. The minimum atomic E-state index is -1.21. The molecule has 0 aromatic carbocycles. The van der Waals surface area contributed by atoms with Crippen LogP contribution in [0.25, 0.3) is 0 Å². The monoisotopic (exact) mass is 226 g/mol. The minimum absolute atomic E-state index is 0.0630. The second kappa shape index (κ2) is 3.10. The summed E-state index contributed by atoms with van der Waals surface area (Å²) in [6.45, 7) is 0. The van der Waals surface area contributed by atoms with Gasteiger partial charge < -0.3 is 21.5 Å². The summed E-state index contributed by atoms with van der Waals surface area (Å²) in [6.07, 6.45) is 1.09. The molecule has 0 aromatic heterocycles. The zero-order valence-corrected chi connectivity index (χ0v) is 8.67. The maximum Gasteiger partial charge on any atom is 0.405 e. The van der Waals surface area contributed by atoms with Gasteiger partial charge in [-0.1, -0.05) is 0 Å². The molecule has 0 saturated heterocycles. The fraction of sp³-hybridized carbons (Fsp3) is 0.667. The highest BCUT2D eigenvalue weighted by atomic mass is 16.4. The largest absolute Gasteiger partial charge is 0.465 e. The topological polar surface area (TPSA) is 128 Å². The van der Waals surface area contributed by atoms with Crippen molar-refractivity contribution in [3.63, 3.8) is 0 Å². The molecule has 88 valence electrons. The summed E-state index contributed by atoms with van der Waals surface area (Å²) in [6, 6.07) is 0. The third-order valence-electron chi connectivity index (χ3n) is 3.15. The molecular weight excluding hydrogens is 212 g/mol. The Morgan fingerprint density at radius 2 is 1.62 bits per heavy atom. The second-order valence-corrected chi connectivity index (χ2v) is 4.46. The van der Waals surface area contributed by atoms with Crippen LogP contribution in [0.1, 0.15) is 25.7 Å². The SMILES string of the molecule is N=C(N)C1(NC(=O)C2(NC(=O)O)CC2)CC1. The lowest BCUT2D eigenvalue weighted by Gasteiger charge is -2.20. The van der Waals surface area contributed by atoms with E-state index >= 15 is 0 Å². The van der Waals surface area contributed by atoms with Crippen LogP contribution in [0.3, 0.4) is 0 Å². The molecule has 2 saturated carbocycles. The van der Waals surface area contributed by atoms with Crippen molar-refractivity contribution in [2.75, 3.05) is 0 Å². The van der Waals surface area contributed by atoms with Gasteiger partial charge in [0.15, 0.2) is 0 Å². The average Bonchev–Trinajstić information content (AvgIpc) is 2.99. The van der Waals surface area contributed by atoms with Gasteiger partial charge in [-0.15, -0.1) is 0 Å². The fourth-order valence-corrected chi connectivity index (χ4v) is 1.66. The van der Waals surface area contributed by atoms with Crippen molar-refractivity contribution in [1.82, 2.24) is 10.6 Å². The summed E-state index contributed by atoms with van der Waals surface area (Å²) in [5, 5.41) is 20.8. The van der Waals surface area contributed by atoms with E-state index in [4.69, 9.17) is 16.2 Å². The molecule has 6 N–H and O–H groups in total. The summed E-state index contributed by atoms with van der Waals surface area (Å²) >= 11 is 0. The van der Waals surface area contributed by atoms with Crippen molar-refractivity contribution in [2.45, 2.75) is 36.8 Å². The maximum absolute atomic E-state index is 11.8. The molecule has 0 unspecified atom stereocenters. The Morgan fingerprint density at radius 1 is 1.12 bits per heavy atom. The number of carbonyl (C=O) groups is 2. The number of hydrogen-bond acceptors (Lipinski definition) is 3. The van der Waals surface area contributed by atoms with Crippen molar-refractivity contribution >= 4 is 17.8 Å². The molecule has 2 amide bonds. The van der Waals surface area contributed by atoms with Crippen molar-refractivity contribution in [2.24, 2.45) is 5.73 Å². The molecule has 0 bridgehead atoms. The molecule has 2 fully saturated rings. The average molecular weight is 226 g/mol. The molecule has 0 radical (unpaired) electrons. The van der Waals surface area contributed by atoms with Gasteiger partial charge in [0.1, 0.15) is 11.4 Å². The van der Waals surface area contributed by atoms with Crippen LogP contribution in [0.2, 0.25) is 0 Å². The molecule has 2 rings (SSSR count). The number of carbonyl (C=O) groups excluding carboxylic acids is 1. The highest BCUT2D eigenvalue weighted by Crippen LogP contribution is 2.40. The van der Waals surface area contributed by atoms with Gasteiger partial charge in [-0.05, 0) is 25.7 Å². The first-order valence-corrected chi connectivity index (χ1v) is 5.08. The lowest BCUT2D eigenvalue weighted by Crippen LogP contribution is -2.55. The number of nitrogens with two attached hydrogens (primary N) is 1. The number of hydrogen-bond donors (Lipinski definition) is 5. The molecule has 0 aromatic rings. The summed E-state index contributed by atoms with van der Waals surface area (Å²) in [4.78, 5) is 22.4. The molecule has 7 heteroatoms. The van der Waals surface area contributed by atoms with Gasteiger partial charge in [0.2, 0.25) is 5.91 Å². The number of amidine groups is 1. The molecule has 2 aliphatic carbocycles. The number of nitrogens with one attached hydrogen (secondary N) is 3. The standard InChI is InChI=1S/C9H14N4O3/c10-5(11)8(1-2-8)12-6(14)9(3-4-9)13-7(15)16/h13H,1-4H2,(H3,10,11)(H,12,14)(H,15,16). The molecule has 0 spiro atoms. The number of amides is 2. The van der Waals surface area contributed by atoms with Crippen LogP contribution in [0.5, 0.6) is 0 Å². The van der Waals surface area contributed by atoms with Crippen LogP contribution in [-0.4, -0.2) is 34.0 Å². The first-order chi connectivity index (χ1) is 7.40. The fourth-order valence-electron chi connectivity index (χ4n) is 1.66. The van der Waals surface area contributed by atoms with Crippen molar-refractivity contribution in [3.8, 4) is 0 Å².